The molecule has 31 heavy (non-hydrogen) atoms. The Morgan fingerprint density at radius 3 is 2.48 bits per heavy atom. The molecule has 1 aliphatic rings. The number of ether oxygens (including phenoxy) is 2. The molecule has 1 amide bonds. The maximum Gasteiger partial charge on any atom is 0.370 e. The van der Waals surface area contributed by atoms with E-state index in [-0.39, 0.29) is 12.5 Å². The number of amides is 1. The number of carbonyl (C=O) groups excluding carboxylic acids is 1. The van der Waals surface area contributed by atoms with Crippen LogP contribution in [0.15, 0.2) is 48.2 Å². The fraction of sp³-hybridized carbons (Fsp3) is 0.455. The first-order valence-corrected chi connectivity index (χ1v) is 9.97. The minimum Gasteiger partial charge on any atom is -0.478 e. The normalized spacial score (nSPS) is 23.2. The first kappa shape index (κ1) is 24.5. The third kappa shape index (κ3) is 6.90. The lowest BCUT2D eigenvalue weighted by Crippen LogP contribution is -2.61. The molecule has 170 valence electrons. The maximum absolute atomic E-state index is 12.3. The molecule has 0 aromatic heterocycles. The van der Waals surface area contributed by atoms with E-state index in [0.717, 1.165) is 5.56 Å². The Morgan fingerprint density at radius 2 is 1.90 bits per heavy atom. The Kier molecular flexibility index (Phi) is 9.20. The van der Waals surface area contributed by atoms with E-state index in [1.165, 1.54) is 6.08 Å². The van der Waals surface area contributed by atoms with Gasteiger partial charge in [-0.25, -0.2) is 4.79 Å². The number of aliphatic hydroxyl groups excluding tert-OH is 3. The second-order valence-corrected chi connectivity index (χ2v) is 7.46. The number of hydrogen-bond donors (Lipinski definition) is 5. The fourth-order valence-electron chi connectivity index (χ4n) is 2.99. The highest BCUT2D eigenvalue weighted by molar-refractivity contribution is 5.85. The molecule has 0 aliphatic carbocycles. The first-order chi connectivity index (χ1) is 14.7. The molecule has 0 unspecified atom stereocenters. The van der Waals surface area contributed by atoms with Crippen LogP contribution >= 0.6 is 0 Å². The van der Waals surface area contributed by atoms with Gasteiger partial charge in [-0.15, -0.1) is 0 Å². The number of carbonyl (C=O) groups is 2. The molecule has 1 heterocycles. The lowest BCUT2D eigenvalue weighted by atomic mass is 9.93. The molecule has 1 aliphatic heterocycles. The number of aliphatic carboxylic acids is 1. The van der Waals surface area contributed by atoms with Gasteiger partial charge in [-0.05, 0) is 11.6 Å². The number of hydrogen-bond acceptors (Lipinski definition) is 7. The molecule has 1 aromatic rings. The van der Waals surface area contributed by atoms with Crippen LogP contribution in [0.4, 0.5) is 0 Å². The van der Waals surface area contributed by atoms with E-state index in [0.29, 0.717) is 0 Å². The lowest BCUT2D eigenvalue weighted by molar-refractivity contribution is -0.151. The third-order valence-electron chi connectivity index (χ3n) is 4.74. The van der Waals surface area contributed by atoms with Crippen LogP contribution in [-0.4, -0.2) is 76.0 Å². The van der Waals surface area contributed by atoms with E-state index in [9.17, 15) is 30.0 Å². The highest BCUT2D eigenvalue weighted by atomic mass is 16.5. The van der Waals surface area contributed by atoms with Gasteiger partial charge in [0.2, 0.25) is 11.7 Å². The maximum atomic E-state index is 12.3. The molecule has 0 saturated heterocycles. The zero-order valence-corrected chi connectivity index (χ0v) is 17.4. The predicted molar refractivity (Wildman–Crippen MR) is 112 cm³/mol. The van der Waals surface area contributed by atoms with Gasteiger partial charge in [0.15, 0.2) is 6.10 Å². The van der Waals surface area contributed by atoms with Crippen molar-refractivity contribution in [3.05, 3.63) is 53.8 Å². The average molecular weight is 435 g/mol. The molecule has 9 heteroatoms. The summed E-state index contributed by atoms with van der Waals surface area (Å²) < 4.78 is 11.2. The molecule has 2 rings (SSSR count). The molecule has 0 spiro atoms. The second-order valence-electron chi connectivity index (χ2n) is 7.46. The summed E-state index contributed by atoms with van der Waals surface area (Å²) >= 11 is 0. The summed E-state index contributed by atoms with van der Waals surface area (Å²) in [6.07, 6.45) is -0.832. The zero-order valence-electron chi connectivity index (χ0n) is 17.4. The zero-order chi connectivity index (χ0) is 23.0. The number of aliphatic hydroxyl groups is 3. The number of carboxylic acid groups (broad SMARTS) is 1. The lowest BCUT2D eigenvalue weighted by Gasteiger charge is -2.40. The summed E-state index contributed by atoms with van der Waals surface area (Å²) in [5.41, 5.74) is 0.948. The summed E-state index contributed by atoms with van der Waals surface area (Å²) in [7, 11) is 0. The standard InChI is InChI=1S/C22H29NO8/c1-13(2)21(27)23-18-16(30-10-6-9-14-7-4-3-5-8-14)11-17(22(28)29)31-20(18)19(26)15(25)12-24/h3-9,11,13,15-16,18-20,24-26H,10,12H2,1-2H3,(H,23,27)(H,28,29)/b9-6+/t15-,16-,18-,19-,20-/m1/s1. The van der Waals surface area contributed by atoms with Crippen molar-refractivity contribution < 1.29 is 39.5 Å². The van der Waals surface area contributed by atoms with Crippen molar-refractivity contribution in [2.24, 2.45) is 5.92 Å². The molecule has 9 nitrogen and oxygen atoms in total. The van der Waals surface area contributed by atoms with E-state index in [1.54, 1.807) is 19.9 Å². The Bertz CT molecular complexity index is 792. The number of nitrogens with one attached hydrogen (secondary N) is 1. The van der Waals surface area contributed by atoms with Gasteiger partial charge in [0.25, 0.3) is 0 Å². The fourth-order valence-corrected chi connectivity index (χ4v) is 2.99. The molecule has 0 fully saturated rings. The summed E-state index contributed by atoms with van der Waals surface area (Å²) in [4.78, 5) is 23.8. The molecule has 5 N–H and O–H groups in total. The van der Waals surface area contributed by atoms with Gasteiger partial charge in [0, 0.05) is 5.92 Å². The summed E-state index contributed by atoms with van der Waals surface area (Å²) in [6, 6.07) is 8.47. The second kappa shape index (κ2) is 11.6. The van der Waals surface area contributed by atoms with Crippen LogP contribution in [0, 0.1) is 5.92 Å². The van der Waals surface area contributed by atoms with Gasteiger partial charge in [-0.1, -0.05) is 56.3 Å². The van der Waals surface area contributed by atoms with E-state index in [4.69, 9.17) is 9.47 Å². The topological polar surface area (TPSA) is 146 Å². The van der Waals surface area contributed by atoms with Crippen molar-refractivity contribution in [3.63, 3.8) is 0 Å². The van der Waals surface area contributed by atoms with Gasteiger partial charge in [0.1, 0.15) is 18.3 Å². The van der Waals surface area contributed by atoms with Crippen molar-refractivity contribution in [3.8, 4) is 0 Å². The number of benzene rings is 1. The minimum absolute atomic E-state index is 0.0857. The molecule has 0 saturated carbocycles. The number of rotatable bonds is 10. The van der Waals surface area contributed by atoms with Gasteiger partial charge in [-0.2, -0.15) is 0 Å². The van der Waals surface area contributed by atoms with Crippen molar-refractivity contribution in [1.29, 1.82) is 0 Å². The van der Waals surface area contributed by atoms with Crippen LogP contribution in [0.3, 0.4) is 0 Å². The van der Waals surface area contributed by atoms with E-state index >= 15 is 0 Å². The van der Waals surface area contributed by atoms with Crippen LogP contribution in [0.1, 0.15) is 19.4 Å². The van der Waals surface area contributed by atoms with Crippen LogP contribution in [0.2, 0.25) is 0 Å². The van der Waals surface area contributed by atoms with Crippen LogP contribution in [0.25, 0.3) is 6.08 Å². The van der Waals surface area contributed by atoms with E-state index < -0.39 is 54.7 Å². The molecule has 0 bridgehead atoms. The van der Waals surface area contributed by atoms with Crippen LogP contribution in [-0.2, 0) is 19.1 Å². The number of carboxylic acids is 1. The highest BCUT2D eigenvalue weighted by Crippen LogP contribution is 2.25. The largest absolute Gasteiger partial charge is 0.478 e. The quantitative estimate of drug-likeness (QED) is 0.353. The van der Waals surface area contributed by atoms with Crippen LogP contribution < -0.4 is 5.32 Å². The molecule has 5 atom stereocenters. The van der Waals surface area contributed by atoms with Gasteiger partial charge in [0.05, 0.1) is 19.3 Å². The van der Waals surface area contributed by atoms with Gasteiger partial charge < -0.3 is 35.2 Å². The van der Waals surface area contributed by atoms with Crippen molar-refractivity contribution in [2.45, 2.75) is 44.3 Å². The highest BCUT2D eigenvalue weighted by Gasteiger charge is 2.44. The monoisotopic (exact) mass is 435 g/mol. The molecule has 1 aromatic carbocycles. The van der Waals surface area contributed by atoms with E-state index in [1.807, 2.05) is 36.4 Å². The summed E-state index contributed by atoms with van der Waals surface area (Å²) in [5.74, 6) is -2.65. The first-order valence-electron chi connectivity index (χ1n) is 9.97. The Morgan fingerprint density at radius 1 is 1.23 bits per heavy atom. The minimum atomic E-state index is -1.67. The van der Waals surface area contributed by atoms with Crippen molar-refractivity contribution >= 4 is 18.0 Å². The predicted octanol–water partition coefficient (Wildman–Crippen LogP) is 0.307. The molecular weight excluding hydrogens is 406 g/mol. The summed E-state index contributed by atoms with van der Waals surface area (Å²) in [6.45, 7) is 2.65. The van der Waals surface area contributed by atoms with Gasteiger partial charge in [-0.3, -0.25) is 4.79 Å². The third-order valence-corrected chi connectivity index (χ3v) is 4.74. The molecular formula is C22H29NO8. The average Bonchev–Trinajstić information content (AvgIpc) is 2.76. The van der Waals surface area contributed by atoms with Crippen LogP contribution in [0.5, 0.6) is 0 Å². The van der Waals surface area contributed by atoms with Crippen molar-refractivity contribution in [1.82, 2.24) is 5.32 Å². The van der Waals surface area contributed by atoms with Gasteiger partial charge >= 0.3 is 5.97 Å². The van der Waals surface area contributed by atoms with E-state index in [2.05, 4.69) is 5.32 Å². The Balaban J connectivity index is 2.26. The summed E-state index contributed by atoms with van der Waals surface area (Å²) in [5, 5.41) is 41.6. The SMILES string of the molecule is CC(C)C(=O)N[C@H]1[C@H]([C@H](O)[C@H](O)CO)OC(C(=O)O)=C[C@H]1OC/C=C/c1ccccc1. The molecule has 0 radical (unpaired) electrons. The smallest absolute Gasteiger partial charge is 0.370 e. The Labute approximate surface area is 180 Å². The Hall–Kier alpha value is -2.72. The van der Waals surface area contributed by atoms with Crippen molar-refractivity contribution in [2.75, 3.05) is 13.2 Å².